The van der Waals surface area contributed by atoms with Crippen LogP contribution in [0.15, 0.2) is 53.6 Å². The predicted octanol–water partition coefficient (Wildman–Crippen LogP) is 2.69. The minimum atomic E-state index is -0.492. The van der Waals surface area contributed by atoms with Crippen molar-refractivity contribution in [1.82, 2.24) is 5.43 Å². The van der Waals surface area contributed by atoms with E-state index in [-0.39, 0.29) is 12.3 Å². The maximum absolute atomic E-state index is 11.6. The first kappa shape index (κ1) is 17.1. The normalized spacial score (nSPS) is 10.5. The van der Waals surface area contributed by atoms with Crippen molar-refractivity contribution in [2.45, 2.75) is 13.3 Å². The second-order valence-electron chi connectivity index (χ2n) is 4.93. The summed E-state index contributed by atoms with van der Waals surface area (Å²) in [6.07, 6.45) is 2.27. The summed E-state index contributed by atoms with van der Waals surface area (Å²) in [5, 5.41) is 14.4. The number of ether oxygens (including phenoxy) is 1. The van der Waals surface area contributed by atoms with Gasteiger partial charge in [0.1, 0.15) is 5.75 Å². The Hall–Kier alpha value is -3.22. The van der Waals surface area contributed by atoms with Crippen molar-refractivity contribution in [2.75, 3.05) is 6.61 Å². The highest BCUT2D eigenvalue weighted by atomic mass is 16.6. The standard InChI is InChI=1S/C17H17N3O4/c1-2-13-6-8-16(9-7-13)24-12-17(21)19-18-11-14-4-3-5-15(10-14)20(22)23/h3-11H,2,12H2,1H3,(H,19,21)/b18-11+. The first-order valence-corrected chi connectivity index (χ1v) is 7.36. The molecule has 0 bridgehead atoms. The number of carbonyl (C=O) groups excluding carboxylic acids is 1. The van der Waals surface area contributed by atoms with Crippen molar-refractivity contribution in [2.24, 2.45) is 5.10 Å². The number of hydrogen-bond donors (Lipinski definition) is 1. The third-order valence-electron chi connectivity index (χ3n) is 3.19. The summed E-state index contributed by atoms with van der Waals surface area (Å²) >= 11 is 0. The summed E-state index contributed by atoms with van der Waals surface area (Å²) < 4.78 is 5.35. The van der Waals surface area contributed by atoms with Crippen LogP contribution in [0.2, 0.25) is 0 Å². The third-order valence-corrected chi connectivity index (χ3v) is 3.19. The molecule has 0 saturated heterocycles. The van der Waals surface area contributed by atoms with Gasteiger partial charge in [-0.2, -0.15) is 5.10 Å². The first-order chi connectivity index (χ1) is 11.6. The van der Waals surface area contributed by atoms with Gasteiger partial charge in [-0.05, 0) is 24.1 Å². The summed E-state index contributed by atoms with van der Waals surface area (Å²) in [5.41, 5.74) is 3.97. The van der Waals surface area contributed by atoms with Crippen LogP contribution in [-0.4, -0.2) is 23.7 Å². The lowest BCUT2D eigenvalue weighted by Gasteiger charge is -2.05. The fraction of sp³-hybridized carbons (Fsp3) is 0.176. The van der Waals surface area contributed by atoms with E-state index in [1.165, 1.54) is 23.9 Å². The van der Waals surface area contributed by atoms with Crippen molar-refractivity contribution in [3.63, 3.8) is 0 Å². The van der Waals surface area contributed by atoms with Gasteiger partial charge < -0.3 is 4.74 Å². The van der Waals surface area contributed by atoms with Crippen LogP contribution in [0.1, 0.15) is 18.1 Å². The summed E-state index contributed by atoms with van der Waals surface area (Å²) in [5.74, 6) is 0.182. The molecule has 0 aliphatic carbocycles. The molecule has 0 aromatic heterocycles. The number of nitro groups is 1. The van der Waals surface area contributed by atoms with E-state index < -0.39 is 10.8 Å². The number of nitro benzene ring substituents is 1. The lowest BCUT2D eigenvalue weighted by atomic mass is 10.2. The lowest BCUT2D eigenvalue weighted by molar-refractivity contribution is -0.384. The maximum Gasteiger partial charge on any atom is 0.277 e. The highest BCUT2D eigenvalue weighted by Gasteiger charge is 2.04. The number of nitrogens with zero attached hydrogens (tertiary/aromatic N) is 2. The van der Waals surface area contributed by atoms with Gasteiger partial charge in [-0.3, -0.25) is 14.9 Å². The Morgan fingerprint density at radius 1 is 1.29 bits per heavy atom. The second-order valence-corrected chi connectivity index (χ2v) is 4.93. The fourth-order valence-corrected chi connectivity index (χ4v) is 1.90. The van der Waals surface area contributed by atoms with Crippen molar-refractivity contribution in [1.29, 1.82) is 0 Å². The molecule has 0 unspecified atom stereocenters. The molecule has 2 aromatic rings. The zero-order valence-electron chi connectivity index (χ0n) is 13.1. The van der Waals surface area contributed by atoms with E-state index in [2.05, 4.69) is 17.5 Å². The van der Waals surface area contributed by atoms with Crippen LogP contribution in [0.4, 0.5) is 5.69 Å². The number of aryl methyl sites for hydroxylation is 1. The molecule has 0 fully saturated rings. The highest BCUT2D eigenvalue weighted by Crippen LogP contribution is 2.12. The minimum absolute atomic E-state index is 0.0378. The summed E-state index contributed by atoms with van der Waals surface area (Å²) in [6, 6.07) is 13.4. The molecule has 7 heteroatoms. The number of hydrazone groups is 1. The average Bonchev–Trinajstić information content (AvgIpc) is 2.60. The van der Waals surface area contributed by atoms with E-state index in [9.17, 15) is 14.9 Å². The van der Waals surface area contributed by atoms with Crippen LogP contribution in [0, 0.1) is 10.1 Å². The number of benzene rings is 2. The van der Waals surface area contributed by atoms with Crippen molar-refractivity contribution < 1.29 is 14.5 Å². The van der Waals surface area contributed by atoms with Crippen molar-refractivity contribution >= 4 is 17.8 Å². The van der Waals surface area contributed by atoms with Gasteiger partial charge in [0.25, 0.3) is 11.6 Å². The molecule has 124 valence electrons. The Balaban J connectivity index is 1.81. The van der Waals surface area contributed by atoms with Gasteiger partial charge in [0.2, 0.25) is 0 Å². The number of amides is 1. The third kappa shape index (κ3) is 5.20. The topological polar surface area (TPSA) is 93.8 Å². The largest absolute Gasteiger partial charge is 0.484 e. The summed E-state index contributed by atoms with van der Waals surface area (Å²) in [7, 11) is 0. The Bertz CT molecular complexity index is 742. The molecule has 0 aliphatic rings. The number of non-ortho nitro benzene ring substituents is 1. The number of nitrogens with one attached hydrogen (secondary N) is 1. The number of hydrogen-bond acceptors (Lipinski definition) is 5. The molecule has 0 radical (unpaired) electrons. The van der Waals surface area contributed by atoms with Gasteiger partial charge in [-0.15, -0.1) is 0 Å². The molecule has 1 amide bonds. The average molecular weight is 327 g/mol. The smallest absolute Gasteiger partial charge is 0.277 e. The molecule has 1 N–H and O–H groups in total. The molecular formula is C17H17N3O4. The lowest BCUT2D eigenvalue weighted by Crippen LogP contribution is -2.24. The van der Waals surface area contributed by atoms with Crippen LogP contribution in [0.3, 0.4) is 0 Å². The highest BCUT2D eigenvalue weighted by molar-refractivity contribution is 5.83. The predicted molar refractivity (Wildman–Crippen MR) is 90.1 cm³/mol. The molecule has 7 nitrogen and oxygen atoms in total. The molecule has 24 heavy (non-hydrogen) atoms. The Kier molecular flexibility index (Phi) is 6.01. The van der Waals surface area contributed by atoms with Crippen LogP contribution in [0.5, 0.6) is 5.75 Å². The maximum atomic E-state index is 11.6. The fourth-order valence-electron chi connectivity index (χ4n) is 1.90. The first-order valence-electron chi connectivity index (χ1n) is 7.36. The molecule has 0 spiro atoms. The second kappa shape index (κ2) is 8.42. The number of rotatable bonds is 7. The van der Waals surface area contributed by atoms with Crippen LogP contribution in [-0.2, 0) is 11.2 Å². The molecule has 0 atom stereocenters. The van der Waals surface area contributed by atoms with E-state index in [0.29, 0.717) is 11.3 Å². The molecular weight excluding hydrogens is 310 g/mol. The van der Waals surface area contributed by atoms with Crippen molar-refractivity contribution in [3.05, 3.63) is 69.8 Å². The molecule has 2 rings (SSSR count). The molecule has 0 heterocycles. The minimum Gasteiger partial charge on any atom is -0.484 e. The zero-order chi connectivity index (χ0) is 17.4. The van der Waals surface area contributed by atoms with Crippen LogP contribution in [0.25, 0.3) is 0 Å². The van der Waals surface area contributed by atoms with Gasteiger partial charge >= 0.3 is 0 Å². The summed E-state index contributed by atoms with van der Waals surface area (Å²) in [4.78, 5) is 21.8. The Labute approximate surface area is 139 Å². The van der Waals surface area contributed by atoms with E-state index in [1.54, 1.807) is 24.3 Å². The van der Waals surface area contributed by atoms with E-state index >= 15 is 0 Å². The van der Waals surface area contributed by atoms with Gasteiger partial charge in [0.05, 0.1) is 11.1 Å². The van der Waals surface area contributed by atoms with Crippen LogP contribution >= 0.6 is 0 Å². The van der Waals surface area contributed by atoms with Gasteiger partial charge in [0, 0.05) is 17.7 Å². The molecule has 0 aliphatic heterocycles. The van der Waals surface area contributed by atoms with E-state index in [4.69, 9.17) is 4.74 Å². The van der Waals surface area contributed by atoms with Gasteiger partial charge in [-0.1, -0.05) is 31.2 Å². The molecule has 0 saturated carbocycles. The Morgan fingerprint density at radius 2 is 2.04 bits per heavy atom. The van der Waals surface area contributed by atoms with E-state index in [1.807, 2.05) is 12.1 Å². The van der Waals surface area contributed by atoms with E-state index in [0.717, 1.165) is 6.42 Å². The Morgan fingerprint density at radius 3 is 2.71 bits per heavy atom. The summed E-state index contributed by atoms with van der Waals surface area (Å²) in [6.45, 7) is 1.89. The zero-order valence-corrected chi connectivity index (χ0v) is 13.1. The number of carbonyl (C=O) groups is 1. The molecule has 2 aromatic carbocycles. The van der Waals surface area contributed by atoms with Crippen molar-refractivity contribution in [3.8, 4) is 5.75 Å². The quantitative estimate of drug-likeness (QED) is 0.480. The van der Waals surface area contributed by atoms with Crippen LogP contribution < -0.4 is 10.2 Å². The SMILES string of the molecule is CCc1ccc(OCC(=O)N/N=C/c2cccc([N+](=O)[O-])c2)cc1. The monoisotopic (exact) mass is 327 g/mol. The van der Waals surface area contributed by atoms with Gasteiger partial charge in [-0.25, -0.2) is 5.43 Å². The van der Waals surface area contributed by atoms with Gasteiger partial charge in [0.15, 0.2) is 6.61 Å².